The first-order valence-corrected chi connectivity index (χ1v) is 5.28. The fourth-order valence-electron chi connectivity index (χ4n) is 1.35. The molecule has 0 aliphatic carbocycles. The van der Waals surface area contributed by atoms with Crippen LogP contribution in [0.25, 0.3) is 0 Å². The molecule has 14 heavy (non-hydrogen) atoms. The van der Waals surface area contributed by atoms with E-state index in [1.54, 1.807) is 0 Å². The Morgan fingerprint density at radius 3 is 2.79 bits per heavy atom. The zero-order valence-electron chi connectivity index (χ0n) is 8.25. The molecule has 1 aromatic carbocycles. The van der Waals surface area contributed by atoms with Gasteiger partial charge >= 0.3 is 0 Å². The Morgan fingerprint density at radius 1 is 1.57 bits per heavy atom. The van der Waals surface area contributed by atoms with Crippen LogP contribution in [0.3, 0.4) is 0 Å². The number of carbonyl (C=O) groups excluding carboxylic acids is 1. The number of hydrogen-bond acceptors (Lipinski definition) is 2. The maximum absolute atomic E-state index is 10.4. The lowest BCUT2D eigenvalue weighted by molar-refractivity contribution is -0.108. The molecule has 76 valence electrons. The van der Waals surface area contributed by atoms with Crippen molar-refractivity contribution < 1.29 is 9.90 Å². The number of phenolic OH excluding ortho intramolecular Hbond substituents is 1. The van der Waals surface area contributed by atoms with Crippen LogP contribution in [-0.2, 0) is 4.79 Å². The second kappa shape index (κ2) is 4.60. The third-order valence-corrected chi connectivity index (χ3v) is 3.32. The van der Waals surface area contributed by atoms with Gasteiger partial charge in [0.05, 0.1) is 4.47 Å². The van der Waals surface area contributed by atoms with Crippen molar-refractivity contribution in [3.8, 4) is 5.75 Å². The molecule has 0 aliphatic rings. The Labute approximate surface area is 92.1 Å². The van der Waals surface area contributed by atoms with Gasteiger partial charge in [-0.15, -0.1) is 0 Å². The fraction of sp³-hybridized carbons (Fsp3) is 0.364. The molecular weight excluding hydrogens is 244 g/mol. The molecule has 0 saturated heterocycles. The number of rotatable bonds is 3. The van der Waals surface area contributed by atoms with Crippen LogP contribution in [-0.4, -0.2) is 11.4 Å². The monoisotopic (exact) mass is 256 g/mol. The number of hydrogen-bond donors (Lipinski definition) is 1. The summed E-state index contributed by atoms with van der Waals surface area (Å²) in [6.45, 7) is 3.84. The van der Waals surface area contributed by atoms with E-state index in [9.17, 15) is 9.90 Å². The minimum atomic E-state index is 0.0596. The Hall–Kier alpha value is -0.830. The number of phenols is 1. The second-order valence-electron chi connectivity index (χ2n) is 3.44. The highest BCUT2D eigenvalue weighted by atomic mass is 79.9. The Morgan fingerprint density at radius 2 is 2.21 bits per heavy atom. The lowest BCUT2D eigenvalue weighted by Gasteiger charge is -2.12. The summed E-state index contributed by atoms with van der Waals surface area (Å²) in [5.41, 5.74) is 1.80. The van der Waals surface area contributed by atoms with Crippen molar-refractivity contribution >= 4 is 22.2 Å². The zero-order chi connectivity index (χ0) is 10.7. The molecule has 1 unspecified atom stereocenters. The second-order valence-corrected chi connectivity index (χ2v) is 4.23. The summed E-state index contributed by atoms with van der Waals surface area (Å²) >= 11 is 3.31. The molecule has 0 amide bonds. The predicted molar refractivity (Wildman–Crippen MR) is 59.6 cm³/mol. The van der Waals surface area contributed by atoms with E-state index < -0.39 is 0 Å². The van der Waals surface area contributed by atoms with Gasteiger partial charge < -0.3 is 9.90 Å². The third kappa shape index (κ3) is 2.15. The minimum absolute atomic E-state index is 0.0596. The van der Waals surface area contributed by atoms with Crippen LogP contribution in [0.5, 0.6) is 5.75 Å². The van der Waals surface area contributed by atoms with Gasteiger partial charge in [-0.2, -0.15) is 0 Å². The van der Waals surface area contributed by atoms with Gasteiger partial charge in [-0.25, -0.2) is 0 Å². The summed E-state index contributed by atoms with van der Waals surface area (Å²) in [5, 5.41) is 9.81. The van der Waals surface area contributed by atoms with Crippen molar-refractivity contribution in [1.82, 2.24) is 0 Å². The maximum atomic E-state index is 10.4. The van der Waals surface area contributed by atoms with Gasteiger partial charge in [0.2, 0.25) is 0 Å². The lowest BCUT2D eigenvalue weighted by atomic mass is 9.96. The van der Waals surface area contributed by atoms with Gasteiger partial charge in [-0.3, -0.25) is 0 Å². The van der Waals surface area contributed by atoms with Crippen molar-refractivity contribution in [2.45, 2.75) is 26.2 Å². The summed E-state index contributed by atoms with van der Waals surface area (Å²) in [6.07, 6.45) is 1.31. The van der Waals surface area contributed by atoms with Gasteiger partial charge in [0, 0.05) is 6.42 Å². The van der Waals surface area contributed by atoms with E-state index in [1.165, 1.54) is 0 Å². The maximum Gasteiger partial charge on any atom is 0.133 e. The molecule has 0 radical (unpaired) electrons. The SMILES string of the molecule is Cc1ccc(C(C)CC=O)c(O)c1Br. The molecule has 0 bridgehead atoms. The van der Waals surface area contributed by atoms with Crippen LogP contribution >= 0.6 is 15.9 Å². The van der Waals surface area contributed by atoms with Gasteiger partial charge in [0.15, 0.2) is 0 Å². The van der Waals surface area contributed by atoms with E-state index in [1.807, 2.05) is 26.0 Å². The van der Waals surface area contributed by atoms with Crippen LogP contribution in [0.2, 0.25) is 0 Å². The van der Waals surface area contributed by atoms with Gasteiger partial charge in [0.1, 0.15) is 12.0 Å². The summed E-state index contributed by atoms with van der Waals surface area (Å²) in [5.74, 6) is 0.309. The average molecular weight is 257 g/mol. The normalized spacial score (nSPS) is 12.5. The van der Waals surface area contributed by atoms with E-state index in [0.29, 0.717) is 10.9 Å². The van der Waals surface area contributed by atoms with Gasteiger partial charge in [-0.05, 0) is 39.9 Å². The molecule has 0 aromatic heterocycles. The van der Waals surface area contributed by atoms with Crippen LogP contribution in [0.4, 0.5) is 0 Å². The molecule has 1 aromatic rings. The predicted octanol–water partition coefficient (Wildman–Crippen LogP) is 3.16. The highest BCUT2D eigenvalue weighted by Crippen LogP contribution is 2.35. The highest BCUT2D eigenvalue weighted by Gasteiger charge is 2.13. The van der Waals surface area contributed by atoms with E-state index in [-0.39, 0.29) is 11.7 Å². The van der Waals surface area contributed by atoms with Crippen molar-refractivity contribution in [2.75, 3.05) is 0 Å². The number of aromatic hydroxyl groups is 1. The van der Waals surface area contributed by atoms with Crippen LogP contribution < -0.4 is 0 Å². The molecule has 1 N–H and O–H groups in total. The quantitative estimate of drug-likeness (QED) is 0.844. The smallest absolute Gasteiger partial charge is 0.133 e. The third-order valence-electron chi connectivity index (χ3n) is 2.32. The number of aldehydes is 1. The standard InChI is InChI=1S/C11H13BrO2/c1-7(5-6-13)9-4-3-8(2)10(12)11(9)14/h3-4,6-7,14H,5H2,1-2H3. The molecule has 0 saturated carbocycles. The summed E-state index contributed by atoms with van der Waals surface area (Å²) in [6, 6.07) is 3.80. The van der Waals surface area contributed by atoms with E-state index in [0.717, 1.165) is 17.4 Å². The van der Waals surface area contributed by atoms with Gasteiger partial charge in [-0.1, -0.05) is 19.1 Å². The molecule has 0 heterocycles. The molecule has 0 fully saturated rings. The molecule has 1 atom stereocenters. The number of carbonyl (C=O) groups is 1. The van der Waals surface area contributed by atoms with Crippen molar-refractivity contribution in [3.05, 3.63) is 27.7 Å². The van der Waals surface area contributed by atoms with Crippen molar-refractivity contribution in [2.24, 2.45) is 0 Å². The molecule has 0 aliphatic heterocycles. The van der Waals surface area contributed by atoms with Gasteiger partial charge in [0.25, 0.3) is 0 Å². The molecule has 0 spiro atoms. The molecule has 2 nitrogen and oxygen atoms in total. The molecule has 3 heteroatoms. The Balaban J connectivity index is 3.10. The Kier molecular flexibility index (Phi) is 3.69. The summed E-state index contributed by atoms with van der Waals surface area (Å²) < 4.78 is 0.716. The van der Waals surface area contributed by atoms with Crippen LogP contribution in [0, 0.1) is 6.92 Å². The Bertz CT molecular complexity index is 347. The number of benzene rings is 1. The van der Waals surface area contributed by atoms with E-state index >= 15 is 0 Å². The van der Waals surface area contributed by atoms with E-state index in [2.05, 4.69) is 15.9 Å². The highest BCUT2D eigenvalue weighted by molar-refractivity contribution is 9.10. The molecular formula is C11H13BrO2. The largest absolute Gasteiger partial charge is 0.506 e. The number of halogens is 1. The summed E-state index contributed by atoms with van der Waals surface area (Å²) in [4.78, 5) is 10.4. The fourth-order valence-corrected chi connectivity index (χ4v) is 1.71. The number of aryl methyl sites for hydroxylation is 1. The lowest BCUT2D eigenvalue weighted by Crippen LogP contribution is -1.96. The first-order chi connectivity index (χ1) is 6.57. The minimum Gasteiger partial charge on any atom is -0.506 e. The first-order valence-electron chi connectivity index (χ1n) is 4.49. The van der Waals surface area contributed by atoms with Crippen molar-refractivity contribution in [1.29, 1.82) is 0 Å². The van der Waals surface area contributed by atoms with Crippen molar-refractivity contribution in [3.63, 3.8) is 0 Å². The topological polar surface area (TPSA) is 37.3 Å². The van der Waals surface area contributed by atoms with Crippen LogP contribution in [0.15, 0.2) is 16.6 Å². The molecule has 1 rings (SSSR count). The van der Waals surface area contributed by atoms with E-state index in [4.69, 9.17) is 0 Å². The summed E-state index contributed by atoms with van der Waals surface area (Å²) in [7, 11) is 0. The zero-order valence-corrected chi connectivity index (χ0v) is 9.84. The van der Waals surface area contributed by atoms with Crippen LogP contribution in [0.1, 0.15) is 30.4 Å². The first kappa shape index (κ1) is 11.2. The average Bonchev–Trinajstić information content (AvgIpc) is 2.15.